The Morgan fingerprint density at radius 3 is 2.19 bits per heavy atom. The second-order valence-electron chi connectivity index (χ2n) is 5.61. The van der Waals surface area contributed by atoms with Crippen LogP contribution >= 0.6 is 47.8 Å². The molecule has 0 bridgehead atoms. The van der Waals surface area contributed by atoms with Gasteiger partial charge in [-0.25, -0.2) is 0 Å². The van der Waals surface area contributed by atoms with E-state index in [0.29, 0.717) is 6.04 Å². The van der Waals surface area contributed by atoms with Gasteiger partial charge in [-0.05, 0) is 37.6 Å². The Balaban J connectivity index is 2.30. The van der Waals surface area contributed by atoms with Gasteiger partial charge in [-0.2, -0.15) is 5.10 Å². The van der Waals surface area contributed by atoms with Crippen molar-refractivity contribution >= 4 is 47.8 Å². The Morgan fingerprint density at radius 2 is 1.71 bits per heavy atom. The van der Waals surface area contributed by atoms with Gasteiger partial charge in [0.2, 0.25) is 0 Å². The van der Waals surface area contributed by atoms with Crippen LogP contribution in [0.15, 0.2) is 41.0 Å². The Kier molecular flexibility index (Phi) is 6.09. The van der Waals surface area contributed by atoms with Crippen LogP contribution in [-0.4, -0.2) is 20.4 Å². The third kappa shape index (κ3) is 3.99. The van der Waals surface area contributed by atoms with E-state index in [-0.39, 0.29) is 5.41 Å². The number of benzene rings is 1. The standard InChI is InChI=1S/C16H19Br3N2/c1-12(2)21-8-7-15(20-21)9-16(10-17,11-18)13-3-5-14(19)6-4-13/h3-8,12H,9-11H2,1-2H3. The van der Waals surface area contributed by atoms with Crippen molar-refractivity contribution < 1.29 is 0 Å². The zero-order chi connectivity index (χ0) is 15.5. The number of nitrogens with zero attached hydrogens (tertiary/aromatic N) is 2. The van der Waals surface area contributed by atoms with Crippen LogP contribution in [0.2, 0.25) is 0 Å². The Morgan fingerprint density at radius 1 is 1.10 bits per heavy atom. The van der Waals surface area contributed by atoms with E-state index >= 15 is 0 Å². The van der Waals surface area contributed by atoms with Crippen LogP contribution in [0.25, 0.3) is 0 Å². The van der Waals surface area contributed by atoms with Gasteiger partial charge in [0.25, 0.3) is 0 Å². The molecule has 0 saturated heterocycles. The van der Waals surface area contributed by atoms with Gasteiger partial charge in [0, 0.05) is 39.2 Å². The lowest BCUT2D eigenvalue weighted by Crippen LogP contribution is -2.33. The van der Waals surface area contributed by atoms with Crippen LogP contribution in [0.3, 0.4) is 0 Å². The van der Waals surface area contributed by atoms with E-state index in [2.05, 4.69) is 98.2 Å². The molecule has 2 aromatic rings. The summed E-state index contributed by atoms with van der Waals surface area (Å²) in [6.45, 7) is 4.29. The zero-order valence-corrected chi connectivity index (χ0v) is 16.9. The van der Waals surface area contributed by atoms with Crippen molar-refractivity contribution in [2.45, 2.75) is 31.7 Å². The molecule has 1 heterocycles. The largest absolute Gasteiger partial charge is 0.270 e. The molecular formula is C16H19Br3N2. The molecule has 1 aromatic heterocycles. The van der Waals surface area contributed by atoms with E-state index < -0.39 is 0 Å². The summed E-state index contributed by atoms with van der Waals surface area (Å²) in [5.41, 5.74) is 2.46. The summed E-state index contributed by atoms with van der Waals surface area (Å²) in [7, 11) is 0. The molecular weight excluding hydrogens is 460 g/mol. The van der Waals surface area contributed by atoms with E-state index in [4.69, 9.17) is 5.10 Å². The molecule has 0 aliphatic heterocycles. The average molecular weight is 479 g/mol. The Bertz CT molecular complexity index is 571. The molecule has 1 aromatic carbocycles. The highest BCUT2D eigenvalue weighted by atomic mass is 79.9. The highest BCUT2D eigenvalue weighted by Gasteiger charge is 2.31. The third-order valence-corrected chi connectivity index (χ3v) is 6.36. The van der Waals surface area contributed by atoms with Gasteiger partial charge in [0.05, 0.1) is 5.69 Å². The van der Waals surface area contributed by atoms with E-state index in [1.54, 1.807) is 0 Å². The fourth-order valence-electron chi connectivity index (χ4n) is 2.30. The van der Waals surface area contributed by atoms with Gasteiger partial charge in [0.15, 0.2) is 0 Å². The van der Waals surface area contributed by atoms with Crippen LogP contribution in [-0.2, 0) is 11.8 Å². The fourth-order valence-corrected chi connectivity index (χ4v) is 4.53. The number of hydrogen-bond donors (Lipinski definition) is 0. The summed E-state index contributed by atoms with van der Waals surface area (Å²) in [4.78, 5) is 0. The van der Waals surface area contributed by atoms with E-state index in [1.165, 1.54) is 5.56 Å². The molecule has 0 radical (unpaired) electrons. The normalized spacial score (nSPS) is 12.1. The lowest BCUT2D eigenvalue weighted by atomic mass is 9.80. The van der Waals surface area contributed by atoms with Crippen LogP contribution in [0.1, 0.15) is 31.1 Å². The van der Waals surface area contributed by atoms with Crippen molar-refractivity contribution in [3.05, 3.63) is 52.3 Å². The summed E-state index contributed by atoms with van der Waals surface area (Å²) in [5.74, 6) is 0. The molecule has 0 aliphatic rings. The first-order chi connectivity index (χ1) is 10.0. The topological polar surface area (TPSA) is 17.8 Å². The van der Waals surface area contributed by atoms with Crippen LogP contribution in [0, 0.1) is 0 Å². The summed E-state index contributed by atoms with van der Waals surface area (Å²) in [6.07, 6.45) is 2.97. The summed E-state index contributed by atoms with van der Waals surface area (Å²) < 4.78 is 3.12. The average Bonchev–Trinajstić information content (AvgIpc) is 2.94. The predicted octanol–water partition coefficient (Wildman–Crippen LogP) is 5.50. The number of hydrogen-bond acceptors (Lipinski definition) is 1. The molecule has 0 amide bonds. The Hall–Kier alpha value is -0.130. The van der Waals surface area contributed by atoms with Gasteiger partial charge in [0.1, 0.15) is 0 Å². The minimum atomic E-state index is 0.0108. The molecule has 0 spiro atoms. The first-order valence-corrected chi connectivity index (χ1v) is 9.96. The minimum Gasteiger partial charge on any atom is -0.270 e. The number of rotatable bonds is 6. The summed E-state index contributed by atoms with van der Waals surface area (Å²) in [5, 5.41) is 6.48. The van der Waals surface area contributed by atoms with Gasteiger partial charge in [-0.1, -0.05) is 59.9 Å². The Labute approximate surface area is 151 Å². The lowest BCUT2D eigenvalue weighted by Gasteiger charge is -2.30. The van der Waals surface area contributed by atoms with Crippen molar-refractivity contribution in [2.24, 2.45) is 0 Å². The highest BCUT2D eigenvalue weighted by Crippen LogP contribution is 2.33. The molecule has 2 nitrogen and oxygen atoms in total. The third-order valence-electron chi connectivity index (χ3n) is 3.68. The first-order valence-electron chi connectivity index (χ1n) is 6.93. The molecule has 0 N–H and O–H groups in total. The molecule has 0 fully saturated rings. The van der Waals surface area contributed by atoms with Crippen molar-refractivity contribution in [3.63, 3.8) is 0 Å². The second kappa shape index (κ2) is 7.42. The maximum atomic E-state index is 4.70. The highest BCUT2D eigenvalue weighted by molar-refractivity contribution is 9.10. The number of halogens is 3. The van der Waals surface area contributed by atoms with Gasteiger partial charge in [-0.15, -0.1) is 0 Å². The van der Waals surface area contributed by atoms with Crippen molar-refractivity contribution in [3.8, 4) is 0 Å². The van der Waals surface area contributed by atoms with Crippen molar-refractivity contribution in [1.29, 1.82) is 0 Å². The summed E-state index contributed by atoms with van der Waals surface area (Å²) >= 11 is 10.9. The SMILES string of the molecule is CC(C)n1ccc(CC(CBr)(CBr)c2ccc(Br)cc2)n1. The molecule has 21 heavy (non-hydrogen) atoms. The van der Waals surface area contributed by atoms with Gasteiger partial charge < -0.3 is 0 Å². The molecule has 2 rings (SSSR count). The van der Waals surface area contributed by atoms with Gasteiger partial charge in [-0.3, -0.25) is 4.68 Å². The van der Waals surface area contributed by atoms with Crippen molar-refractivity contribution in [2.75, 3.05) is 10.7 Å². The first kappa shape index (κ1) is 17.2. The summed E-state index contributed by atoms with van der Waals surface area (Å²) in [6, 6.07) is 11.1. The molecule has 0 atom stereocenters. The fraction of sp³-hybridized carbons (Fsp3) is 0.438. The van der Waals surface area contributed by atoms with E-state index in [0.717, 1.165) is 27.2 Å². The molecule has 0 unspecified atom stereocenters. The van der Waals surface area contributed by atoms with Crippen LogP contribution in [0.5, 0.6) is 0 Å². The van der Waals surface area contributed by atoms with E-state index in [1.807, 2.05) is 4.68 Å². The molecule has 114 valence electrons. The predicted molar refractivity (Wildman–Crippen MR) is 99.7 cm³/mol. The maximum absolute atomic E-state index is 4.70. The zero-order valence-electron chi connectivity index (χ0n) is 12.2. The van der Waals surface area contributed by atoms with Crippen molar-refractivity contribution in [1.82, 2.24) is 9.78 Å². The monoisotopic (exact) mass is 476 g/mol. The molecule has 0 aliphatic carbocycles. The quantitative estimate of drug-likeness (QED) is 0.501. The van der Waals surface area contributed by atoms with Crippen LogP contribution < -0.4 is 0 Å². The number of aromatic nitrogens is 2. The lowest BCUT2D eigenvalue weighted by molar-refractivity contribution is 0.502. The smallest absolute Gasteiger partial charge is 0.0634 e. The second-order valence-corrected chi connectivity index (χ2v) is 7.65. The van der Waals surface area contributed by atoms with Gasteiger partial charge >= 0.3 is 0 Å². The minimum absolute atomic E-state index is 0.0108. The molecule has 5 heteroatoms. The van der Waals surface area contributed by atoms with E-state index in [9.17, 15) is 0 Å². The number of alkyl halides is 2. The molecule has 0 saturated carbocycles. The maximum Gasteiger partial charge on any atom is 0.0634 e. The van der Waals surface area contributed by atoms with Crippen LogP contribution in [0.4, 0.5) is 0 Å².